The van der Waals surface area contributed by atoms with Crippen molar-refractivity contribution < 1.29 is 4.79 Å². The molecule has 1 fully saturated rings. The number of hydrogen-bond donors (Lipinski definition) is 2. The molecule has 1 aliphatic carbocycles. The molecule has 26 heavy (non-hydrogen) atoms. The van der Waals surface area contributed by atoms with Gasteiger partial charge < -0.3 is 10.6 Å². The molecule has 0 unspecified atom stereocenters. The molecule has 0 bridgehead atoms. The zero-order valence-electron chi connectivity index (χ0n) is 13.6. The Kier molecular flexibility index (Phi) is 4.85. The quantitative estimate of drug-likeness (QED) is 0.532. The summed E-state index contributed by atoms with van der Waals surface area (Å²) in [7, 11) is 0. The van der Waals surface area contributed by atoms with Gasteiger partial charge in [-0.2, -0.15) is 0 Å². The Hall–Kier alpha value is -2.08. The van der Waals surface area contributed by atoms with Crippen LogP contribution in [0.2, 0.25) is 10.0 Å². The average molecular weight is 404 g/mol. The maximum Gasteiger partial charge on any atom is 0.227 e. The first kappa shape index (κ1) is 17.3. The molecule has 2 aromatic carbocycles. The van der Waals surface area contributed by atoms with E-state index in [9.17, 15) is 4.79 Å². The van der Waals surface area contributed by atoms with Gasteiger partial charge in [0, 0.05) is 28.2 Å². The highest BCUT2D eigenvalue weighted by atomic mass is 35.5. The van der Waals surface area contributed by atoms with E-state index in [1.165, 1.54) is 11.3 Å². The molecule has 1 saturated carbocycles. The molecule has 0 radical (unpaired) electrons. The monoisotopic (exact) mass is 403 g/mol. The Labute approximate surface area is 165 Å². The second-order valence-corrected chi connectivity index (χ2v) is 7.81. The Morgan fingerprint density at radius 3 is 2.46 bits per heavy atom. The minimum absolute atomic E-state index is 0.111. The van der Waals surface area contributed by atoms with Crippen molar-refractivity contribution in [2.75, 3.05) is 10.6 Å². The predicted octanol–water partition coefficient (Wildman–Crippen LogP) is 6.21. The van der Waals surface area contributed by atoms with Gasteiger partial charge in [0.2, 0.25) is 5.91 Å². The van der Waals surface area contributed by atoms with Crippen molar-refractivity contribution in [1.29, 1.82) is 0 Å². The third-order valence-electron chi connectivity index (χ3n) is 4.07. The van der Waals surface area contributed by atoms with Crippen LogP contribution in [0.15, 0.2) is 47.8 Å². The third-order valence-corrected chi connectivity index (χ3v) is 5.57. The SMILES string of the molecule is O=C(Nc1ccc(-c2csc(Nc3ccc(Cl)c(Cl)c3)n2)cc1)C1CC1. The second-order valence-electron chi connectivity index (χ2n) is 6.13. The van der Waals surface area contributed by atoms with Gasteiger partial charge in [-0.1, -0.05) is 35.3 Å². The van der Waals surface area contributed by atoms with Crippen molar-refractivity contribution in [3.63, 3.8) is 0 Å². The molecule has 1 amide bonds. The first-order chi connectivity index (χ1) is 12.6. The Morgan fingerprint density at radius 2 is 1.77 bits per heavy atom. The van der Waals surface area contributed by atoms with Crippen molar-refractivity contribution >= 4 is 57.0 Å². The van der Waals surface area contributed by atoms with E-state index in [2.05, 4.69) is 15.6 Å². The van der Waals surface area contributed by atoms with E-state index in [0.29, 0.717) is 10.0 Å². The highest BCUT2D eigenvalue weighted by molar-refractivity contribution is 7.14. The normalized spacial score (nSPS) is 13.5. The van der Waals surface area contributed by atoms with E-state index in [0.717, 1.165) is 40.6 Å². The lowest BCUT2D eigenvalue weighted by molar-refractivity contribution is -0.117. The summed E-state index contributed by atoms with van der Waals surface area (Å²) < 4.78 is 0. The van der Waals surface area contributed by atoms with Gasteiger partial charge in [0.25, 0.3) is 0 Å². The lowest BCUT2D eigenvalue weighted by atomic mass is 10.1. The fraction of sp³-hybridized carbons (Fsp3) is 0.158. The van der Waals surface area contributed by atoms with E-state index in [1.54, 1.807) is 12.1 Å². The van der Waals surface area contributed by atoms with Crippen molar-refractivity contribution in [3.05, 3.63) is 57.9 Å². The number of amides is 1. The molecule has 2 N–H and O–H groups in total. The predicted molar refractivity (Wildman–Crippen MR) is 109 cm³/mol. The number of benzene rings is 2. The van der Waals surface area contributed by atoms with Gasteiger partial charge in [-0.3, -0.25) is 4.79 Å². The summed E-state index contributed by atoms with van der Waals surface area (Å²) in [5.74, 6) is 0.308. The van der Waals surface area contributed by atoms with Crippen LogP contribution in [0.5, 0.6) is 0 Å². The third kappa shape index (κ3) is 4.01. The minimum atomic E-state index is 0.111. The number of nitrogens with zero attached hydrogens (tertiary/aromatic N) is 1. The van der Waals surface area contributed by atoms with E-state index in [1.807, 2.05) is 35.7 Å². The molecule has 4 rings (SSSR count). The number of carbonyl (C=O) groups is 1. The molecule has 132 valence electrons. The summed E-state index contributed by atoms with van der Waals surface area (Å²) in [6.45, 7) is 0. The van der Waals surface area contributed by atoms with Gasteiger partial charge in [0.15, 0.2) is 5.13 Å². The van der Waals surface area contributed by atoms with E-state index >= 15 is 0 Å². The van der Waals surface area contributed by atoms with Crippen LogP contribution < -0.4 is 10.6 Å². The second kappa shape index (κ2) is 7.27. The highest BCUT2D eigenvalue weighted by Gasteiger charge is 2.29. The van der Waals surface area contributed by atoms with Crippen LogP contribution in [0, 0.1) is 5.92 Å². The van der Waals surface area contributed by atoms with Crippen LogP contribution in [0.3, 0.4) is 0 Å². The van der Waals surface area contributed by atoms with Crippen LogP contribution >= 0.6 is 34.5 Å². The fourth-order valence-corrected chi connectivity index (χ4v) is 3.51. The van der Waals surface area contributed by atoms with Crippen molar-refractivity contribution in [1.82, 2.24) is 4.98 Å². The standard InChI is InChI=1S/C19H15Cl2N3OS/c20-15-8-7-14(9-16(15)21)23-19-24-17(10-26-19)11-3-5-13(6-4-11)22-18(25)12-1-2-12/h3-10,12H,1-2H2,(H,22,25)(H,23,24). The number of hydrogen-bond acceptors (Lipinski definition) is 4. The highest BCUT2D eigenvalue weighted by Crippen LogP contribution is 2.32. The van der Waals surface area contributed by atoms with E-state index in [-0.39, 0.29) is 11.8 Å². The van der Waals surface area contributed by atoms with Crippen molar-refractivity contribution in [2.45, 2.75) is 12.8 Å². The molecule has 0 atom stereocenters. The molecule has 0 spiro atoms. The van der Waals surface area contributed by atoms with Crippen LogP contribution in [-0.4, -0.2) is 10.9 Å². The zero-order chi connectivity index (χ0) is 18.1. The summed E-state index contributed by atoms with van der Waals surface area (Å²) in [4.78, 5) is 16.4. The van der Waals surface area contributed by atoms with Gasteiger partial charge in [-0.25, -0.2) is 4.98 Å². The summed E-state index contributed by atoms with van der Waals surface area (Å²) >= 11 is 13.5. The number of halogens is 2. The van der Waals surface area contributed by atoms with Crippen LogP contribution in [0.4, 0.5) is 16.5 Å². The van der Waals surface area contributed by atoms with Crippen LogP contribution in [0.1, 0.15) is 12.8 Å². The van der Waals surface area contributed by atoms with Gasteiger partial charge in [0.05, 0.1) is 15.7 Å². The molecular weight excluding hydrogens is 389 g/mol. The molecular formula is C19H15Cl2N3OS. The van der Waals surface area contributed by atoms with Crippen molar-refractivity contribution in [3.8, 4) is 11.3 Å². The number of aromatic nitrogens is 1. The Balaban J connectivity index is 1.45. The van der Waals surface area contributed by atoms with Gasteiger partial charge in [0.1, 0.15) is 0 Å². The number of thiazole rings is 1. The summed E-state index contributed by atoms with van der Waals surface area (Å²) in [5.41, 5.74) is 3.51. The average Bonchev–Trinajstić information content (AvgIpc) is 3.39. The lowest BCUT2D eigenvalue weighted by Gasteiger charge is -2.05. The number of rotatable bonds is 5. The first-order valence-corrected chi connectivity index (χ1v) is 9.81. The largest absolute Gasteiger partial charge is 0.331 e. The number of anilines is 3. The lowest BCUT2D eigenvalue weighted by Crippen LogP contribution is -2.12. The van der Waals surface area contributed by atoms with Gasteiger partial charge in [-0.05, 0) is 43.2 Å². The van der Waals surface area contributed by atoms with Gasteiger partial charge in [-0.15, -0.1) is 11.3 Å². The maximum absolute atomic E-state index is 11.8. The topological polar surface area (TPSA) is 54.0 Å². The molecule has 0 aliphatic heterocycles. The van der Waals surface area contributed by atoms with Gasteiger partial charge >= 0.3 is 0 Å². The molecule has 1 heterocycles. The minimum Gasteiger partial charge on any atom is -0.331 e. The van der Waals surface area contributed by atoms with E-state index < -0.39 is 0 Å². The molecule has 4 nitrogen and oxygen atoms in total. The van der Waals surface area contributed by atoms with Crippen LogP contribution in [0.25, 0.3) is 11.3 Å². The first-order valence-electron chi connectivity index (χ1n) is 8.17. The van der Waals surface area contributed by atoms with Crippen molar-refractivity contribution in [2.24, 2.45) is 5.92 Å². The fourth-order valence-electron chi connectivity index (χ4n) is 2.48. The molecule has 1 aliphatic rings. The molecule has 3 aromatic rings. The molecule has 1 aromatic heterocycles. The Morgan fingerprint density at radius 1 is 1.04 bits per heavy atom. The Bertz CT molecular complexity index is 952. The van der Waals surface area contributed by atoms with E-state index in [4.69, 9.17) is 23.2 Å². The smallest absolute Gasteiger partial charge is 0.227 e. The summed E-state index contributed by atoms with van der Waals surface area (Å²) in [5, 5.41) is 9.93. The zero-order valence-corrected chi connectivity index (χ0v) is 16.0. The number of carbonyl (C=O) groups excluding carboxylic acids is 1. The summed E-state index contributed by atoms with van der Waals surface area (Å²) in [6, 6.07) is 13.1. The molecule has 0 saturated heterocycles. The summed E-state index contributed by atoms with van der Waals surface area (Å²) in [6.07, 6.45) is 1.99. The van der Waals surface area contributed by atoms with Crippen LogP contribution in [-0.2, 0) is 4.79 Å². The molecule has 7 heteroatoms. The maximum atomic E-state index is 11.8. The number of nitrogens with one attached hydrogen (secondary N) is 2.